The fourth-order valence-corrected chi connectivity index (χ4v) is 5.28. The quantitative estimate of drug-likeness (QED) is 0.247. The topological polar surface area (TPSA) is 119 Å². The first-order valence-corrected chi connectivity index (χ1v) is 14.7. The minimum Gasteiger partial charge on any atom is -0.398 e. The first kappa shape index (κ1) is 30.6. The minimum atomic E-state index is -0.221. The number of amides is 2. The van der Waals surface area contributed by atoms with Crippen LogP contribution >= 0.6 is 0 Å². The van der Waals surface area contributed by atoms with Gasteiger partial charge in [-0.15, -0.1) is 0 Å². The monoisotopic (exact) mass is 593 g/mol. The van der Waals surface area contributed by atoms with E-state index in [0.717, 1.165) is 22.3 Å². The summed E-state index contributed by atoms with van der Waals surface area (Å²) in [6.45, 7) is 10.4. The molecule has 9 nitrogen and oxygen atoms in total. The van der Waals surface area contributed by atoms with Crippen LogP contribution in [0.3, 0.4) is 0 Å². The smallest absolute Gasteiger partial charge is 0.274 e. The van der Waals surface area contributed by atoms with E-state index in [1.807, 2.05) is 49.4 Å². The Bertz CT molecular complexity index is 1760. The number of hydrogen-bond acceptors (Lipinski definition) is 6. The third kappa shape index (κ3) is 6.53. The van der Waals surface area contributed by atoms with Gasteiger partial charge in [-0.3, -0.25) is 14.4 Å². The lowest BCUT2D eigenvalue weighted by atomic mass is 9.86. The van der Waals surface area contributed by atoms with E-state index in [-0.39, 0.29) is 22.8 Å². The maximum absolute atomic E-state index is 13.1. The van der Waals surface area contributed by atoms with Gasteiger partial charge >= 0.3 is 0 Å². The summed E-state index contributed by atoms with van der Waals surface area (Å²) < 4.78 is 6.85. The lowest BCUT2D eigenvalue weighted by Crippen LogP contribution is -2.40. The van der Waals surface area contributed by atoms with Crippen molar-refractivity contribution in [3.63, 3.8) is 0 Å². The minimum absolute atomic E-state index is 0.00154. The van der Waals surface area contributed by atoms with Gasteiger partial charge in [-0.2, -0.15) is 0 Å². The van der Waals surface area contributed by atoms with Crippen LogP contribution in [0.4, 0.5) is 22.7 Å². The largest absolute Gasteiger partial charge is 0.398 e. The number of rotatable bonds is 6. The molecule has 0 spiro atoms. The van der Waals surface area contributed by atoms with Gasteiger partial charge in [0.2, 0.25) is 0 Å². The van der Waals surface area contributed by atoms with Gasteiger partial charge in [-0.1, -0.05) is 45.0 Å². The highest BCUT2D eigenvalue weighted by Gasteiger charge is 2.21. The van der Waals surface area contributed by atoms with Crippen molar-refractivity contribution in [3.05, 3.63) is 106 Å². The van der Waals surface area contributed by atoms with E-state index in [4.69, 9.17) is 10.5 Å². The van der Waals surface area contributed by atoms with Crippen molar-refractivity contribution >= 4 is 34.6 Å². The van der Waals surface area contributed by atoms with Gasteiger partial charge in [0.05, 0.1) is 18.8 Å². The molecule has 0 bridgehead atoms. The number of aromatic nitrogens is 1. The number of ether oxygens (including phenoxy) is 1. The predicted molar refractivity (Wildman–Crippen MR) is 176 cm³/mol. The van der Waals surface area contributed by atoms with Crippen molar-refractivity contribution in [2.75, 3.05) is 42.7 Å². The molecule has 9 heteroatoms. The SMILES string of the molecule is Cc1c(NC(=O)c2ccc(C(C)(C)C)cc2)cccc1-c1cc(Nc2ccc(C(=O)N3CCOCC3)c(N)c2)c(=O)n(C)c1. The Hall–Kier alpha value is -4.89. The molecule has 44 heavy (non-hydrogen) atoms. The van der Waals surface area contributed by atoms with Gasteiger partial charge in [-0.05, 0) is 71.5 Å². The molecule has 0 saturated carbocycles. The molecule has 228 valence electrons. The maximum Gasteiger partial charge on any atom is 0.274 e. The Labute approximate surface area is 257 Å². The second-order valence-electron chi connectivity index (χ2n) is 12.1. The summed E-state index contributed by atoms with van der Waals surface area (Å²) in [5, 5.41) is 6.23. The summed E-state index contributed by atoms with van der Waals surface area (Å²) in [4.78, 5) is 40.9. The highest BCUT2D eigenvalue weighted by atomic mass is 16.5. The van der Waals surface area contributed by atoms with Crippen LogP contribution in [0.2, 0.25) is 0 Å². The number of nitrogens with zero attached hydrogens (tertiary/aromatic N) is 2. The molecule has 1 fully saturated rings. The van der Waals surface area contributed by atoms with Crippen LogP contribution in [0.15, 0.2) is 77.7 Å². The van der Waals surface area contributed by atoms with Crippen LogP contribution in [0.1, 0.15) is 52.6 Å². The van der Waals surface area contributed by atoms with E-state index in [0.29, 0.717) is 60.2 Å². The van der Waals surface area contributed by atoms with Crippen molar-refractivity contribution in [2.24, 2.45) is 7.05 Å². The number of aryl methyl sites for hydroxylation is 1. The molecule has 2 heterocycles. The summed E-state index contributed by atoms with van der Waals surface area (Å²) >= 11 is 0. The molecule has 1 aromatic heterocycles. The van der Waals surface area contributed by atoms with E-state index in [2.05, 4.69) is 31.4 Å². The van der Waals surface area contributed by atoms with E-state index in [9.17, 15) is 14.4 Å². The van der Waals surface area contributed by atoms with E-state index >= 15 is 0 Å². The number of anilines is 4. The van der Waals surface area contributed by atoms with Crippen molar-refractivity contribution in [1.29, 1.82) is 0 Å². The maximum atomic E-state index is 13.1. The highest BCUT2D eigenvalue weighted by molar-refractivity contribution is 6.05. The molecule has 2 amide bonds. The molecular weight excluding hydrogens is 554 g/mol. The Balaban J connectivity index is 1.38. The lowest BCUT2D eigenvalue weighted by Gasteiger charge is -2.27. The molecule has 0 radical (unpaired) electrons. The van der Waals surface area contributed by atoms with Gasteiger partial charge < -0.3 is 30.6 Å². The van der Waals surface area contributed by atoms with Gasteiger partial charge in [0, 0.05) is 54.5 Å². The lowest BCUT2D eigenvalue weighted by molar-refractivity contribution is 0.0303. The molecule has 1 aliphatic rings. The number of pyridine rings is 1. The van der Waals surface area contributed by atoms with Crippen LogP contribution in [0.5, 0.6) is 0 Å². The first-order chi connectivity index (χ1) is 20.9. The molecule has 5 rings (SSSR count). The number of nitrogens with one attached hydrogen (secondary N) is 2. The van der Waals surface area contributed by atoms with Crippen molar-refractivity contribution in [3.8, 4) is 11.1 Å². The average Bonchev–Trinajstić information content (AvgIpc) is 3.00. The predicted octanol–water partition coefficient (Wildman–Crippen LogP) is 5.71. The van der Waals surface area contributed by atoms with Crippen LogP contribution < -0.4 is 21.9 Å². The van der Waals surface area contributed by atoms with E-state index < -0.39 is 0 Å². The standard InChI is InChI=1S/C35H39N5O4/c1-22-27(7-6-8-30(22)38-32(41)23-9-11-25(12-10-23)35(2,3)4)24-19-31(34(43)39(5)21-24)37-26-13-14-28(29(36)20-26)33(42)40-15-17-44-18-16-40/h6-14,19-21,37H,15-18,36H2,1-5H3,(H,38,41). The zero-order valence-electron chi connectivity index (χ0n) is 25.9. The van der Waals surface area contributed by atoms with Crippen LogP contribution in [0.25, 0.3) is 11.1 Å². The number of morpholine rings is 1. The normalized spacial score (nSPS) is 13.4. The van der Waals surface area contributed by atoms with Crippen molar-refractivity contribution in [1.82, 2.24) is 9.47 Å². The van der Waals surface area contributed by atoms with Gasteiger partial charge in [-0.25, -0.2) is 0 Å². The Morgan fingerprint density at radius 3 is 2.30 bits per heavy atom. The van der Waals surface area contributed by atoms with Crippen molar-refractivity contribution in [2.45, 2.75) is 33.1 Å². The van der Waals surface area contributed by atoms with Crippen LogP contribution in [-0.2, 0) is 17.2 Å². The van der Waals surface area contributed by atoms with Gasteiger partial charge in [0.15, 0.2) is 0 Å². The summed E-state index contributed by atoms with van der Waals surface area (Å²) in [6.07, 6.45) is 1.77. The van der Waals surface area contributed by atoms with Crippen LogP contribution in [-0.4, -0.2) is 47.6 Å². The van der Waals surface area contributed by atoms with Crippen molar-refractivity contribution < 1.29 is 14.3 Å². The summed E-state index contributed by atoms with van der Waals surface area (Å²) in [7, 11) is 1.69. The zero-order valence-corrected chi connectivity index (χ0v) is 25.9. The fraction of sp³-hybridized carbons (Fsp3) is 0.286. The number of hydrogen-bond donors (Lipinski definition) is 3. The molecule has 4 aromatic rings. The first-order valence-electron chi connectivity index (χ1n) is 14.7. The molecular formula is C35H39N5O4. The Kier molecular flexibility index (Phi) is 8.60. The second-order valence-corrected chi connectivity index (χ2v) is 12.1. The number of nitrogen functional groups attached to an aromatic ring is 1. The summed E-state index contributed by atoms with van der Waals surface area (Å²) in [5.41, 5.74) is 12.7. The molecule has 3 aromatic carbocycles. The Morgan fingerprint density at radius 2 is 1.64 bits per heavy atom. The third-order valence-corrected chi connectivity index (χ3v) is 7.95. The molecule has 0 atom stereocenters. The number of benzene rings is 3. The molecule has 1 saturated heterocycles. The number of carbonyl (C=O) groups excluding carboxylic acids is 2. The van der Waals surface area contributed by atoms with Crippen LogP contribution in [0, 0.1) is 6.92 Å². The number of carbonyl (C=O) groups is 2. The van der Waals surface area contributed by atoms with Gasteiger partial charge in [0.1, 0.15) is 5.69 Å². The highest BCUT2D eigenvalue weighted by Crippen LogP contribution is 2.31. The second kappa shape index (κ2) is 12.4. The Morgan fingerprint density at radius 1 is 0.932 bits per heavy atom. The molecule has 0 unspecified atom stereocenters. The number of nitrogens with two attached hydrogens (primary N) is 1. The molecule has 0 aliphatic carbocycles. The third-order valence-electron chi connectivity index (χ3n) is 7.95. The van der Waals surface area contributed by atoms with Gasteiger partial charge in [0.25, 0.3) is 17.4 Å². The fourth-order valence-electron chi connectivity index (χ4n) is 5.28. The summed E-state index contributed by atoms with van der Waals surface area (Å²) in [6, 6.07) is 20.2. The van der Waals surface area contributed by atoms with E-state index in [1.165, 1.54) is 4.57 Å². The molecule has 1 aliphatic heterocycles. The summed E-state index contributed by atoms with van der Waals surface area (Å²) in [5.74, 6) is -0.332. The molecule has 4 N–H and O–H groups in total. The average molecular weight is 594 g/mol. The van der Waals surface area contributed by atoms with E-state index in [1.54, 1.807) is 42.4 Å². The zero-order chi connectivity index (χ0) is 31.6.